The van der Waals surface area contributed by atoms with Crippen molar-refractivity contribution in [1.82, 2.24) is 0 Å². The van der Waals surface area contributed by atoms with E-state index in [1.165, 1.54) is 0 Å². The molecule has 0 bridgehead atoms. The summed E-state index contributed by atoms with van der Waals surface area (Å²) >= 11 is 6.16. The Morgan fingerprint density at radius 1 is 1.20 bits per heavy atom. The molecule has 3 nitrogen and oxygen atoms in total. The molecule has 100 valence electrons. The van der Waals surface area contributed by atoms with E-state index in [9.17, 15) is 9.59 Å². The number of rotatable bonds is 2. The van der Waals surface area contributed by atoms with Crippen LogP contribution >= 0.6 is 11.6 Å². The van der Waals surface area contributed by atoms with Gasteiger partial charge < -0.3 is 5.32 Å². The topological polar surface area (TPSA) is 46.2 Å². The number of ketones is 1. The SMILES string of the molecule is Cc1ccc(C(=O)c2cc3c(cc2Cl)NC(=O)C3)cc1. The molecule has 2 aromatic carbocycles. The zero-order valence-corrected chi connectivity index (χ0v) is 11.6. The summed E-state index contributed by atoms with van der Waals surface area (Å²) in [5.41, 5.74) is 3.63. The van der Waals surface area contributed by atoms with E-state index in [1.807, 2.05) is 19.1 Å². The van der Waals surface area contributed by atoms with Crippen molar-refractivity contribution in [2.24, 2.45) is 0 Å². The first-order valence-electron chi connectivity index (χ1n) is 6.28. The van der Waals surface area contributed by atoms with Crippen LogP contribution in [0.5, 0.6) is 0 Å². The molecule has 1 heterocycles. The van der Waals surface area contributed by atoms with Crippen LogP contribution in [0.2, 0.25) is 5.02 Å². The second-order valence-corrected chi connectivity index (χ2v) is 5.32. The Morgan fingerprint density at radius 3 is 2.60 bits per heavy atom. The van der Waals surface area contributed by atoms with E-state index in [4.69, 9.17) is 11.6 Å². The molecular formula is C16H12ClNO2. The third-order valence-corrected chi connectivity index (χ3v) is 3.69. The summed E-state index contributed by atoms with van der Waals surface area (Å²) in [6.45, 7) is 1.97. The normalized spacial score (nSPS) is 13.0. The van der Waals surface area contributed by atoms with E-state index >= 15 is 0 Å². The van der Waals surface area contributed by atoms with Gasteiger partial charge in [0.05, 0.1) is 11.4 Å². The lowest BCUT2D eigenvalue weighted by atomic mass is 9.99. The third kappa shape index (κ3) is 2.21. The molecule has 0 atom stereocenters. The minimum Gasteiger partial charge on any atom is -0.325 e. The van der Waals surface area contributed by atoms with Gasteiger partial charge >= 0.3 is 0 Å². The van der Waals surface area contributed by atoms with Crippen LogP contribution in [0.3, 0.4) is 0 Å². The number of hydrogen-bond donors (Lipinski definition) is 1. The number of aryl methyl sites for hydroxylation is 1. The largest absolute Gasteiger partial charge is 0.325 e. The van der Waals surface area contributed by atoms with Gasteiger partial charge in [-0.2, -0.15) is 0 Å². The van der Waals surface area contributed by atoms with Gasteiger partial charge in [-0.1, -0.05) is 41.4 Å². The van der Waals surface area contributed by atoms with Crippen molar-refractivity contribution in [3.63, 3.8) is 0 Å². The summed E-state index contributed by atoms with van der Waals surface area (Å²) in [6.07, 6.45) is 0.292. The second kappa shape index (κ2) is 4.76. The molecule has 3 rings (SSSR count). The molecule has 0 saturated carbocycles. The minimum absolute atomic E-state index is 0.0731. The van der Waals surface area contributed by atoms with Gasteiger partial charge in [0.15, 0.2) is 5.78 Å². The van der Waals surface area contributed by atoms with Crippen LogP contribution in [0.25, 0.3) is 0 Å². The molecule has 1 N–H and O–H groups in total. The quantitative estimate of drug-likeness (QED) is 0.860. The molecule has 0 aliphatic carbocycles. The first-order valence-corrected chi connectivity index (χ1v) is 6.66. The molecule has 0 unspecified atom stereocenters. The summed E-state index contributed by atoms with van der Waals surface area (Å²) < 4.78 is 0. The van der Waals surface area contributed by atoms with Crippen LogP contribution in [0.4, 0.5) is 5.69 Å². The highest BCUT2D eigenvalue weighted by atomic mass is 35.5. The number of anilines is 1. The van der Waals surface area contributed by atoms with Crippen LogP contribution in [0.1, 0.15) is 27.0 Å². The lowest BCUT2D eigenvalue weighted by Gasteiger charge is -2.07. The Hall–Kier alpha value is -2.13. The predicted molar refractivity (Wildman–Crippen MR) is 78.4 cm³/mol. The van der Waals surface area contributed by atoms with E-state index in [0.29, 0.717) is 28.3 Å². The fourth-order valence-corrected chi connectivity index (χ4v) is 2.53. The average molecular weight is 286 g/mol. The maximum absolute atomic E-state index is 12.5. The predicted octanol–water partition coefficient (Wildman–Crippen LogP) is 3.37. The summed E-state index contributed by atoms with van der Waals surface area (Å²) in [7, 11) is 0. The number of carbonyl (C=O) groups excluding carboxylic acids is 2. The van der Waals surface area contributed by atoms with Gasteiger partial charge in [0.1, 0.15) is 0 Å². The molecule has 0 aromatic heterocycles. The number of amides is 1. The molecule has 1 amide bonds. The fourth-order valence-electron chi connectivity index (χ4n) is 2.28. The van der Waals surface area contributed by atoms with Crippen molar-refractivity contribution >= 4 is 29.0 Å². The Labute approximate surface area is 121 Å². The zero-order chi connectivity index (χ0) is 14.3. The van der Waals surface area contributed by atoms with E-state index in [-0.39, 0.29) is 11.7 Å². The number of fused-ring (bicyclic) bond motifs is 1. The Kier molecular flexibility index (Phi) is 3.07. The van der Waals surface area contributed by atoms with Gasteiger partial charge in [-0.3, -0.25) is 9.59 Å². The van der Waals surface area contributed by atoms with Crippen LogP contribution in [-0.2, 0) is 11.2 Å². The van der Waals surface area contributed by atoms with Gasteiger partial charge in [0, 0.05) is 16.8 Å². The van der Waals surface area contributed by atoms with Crippen molar-refractivity contribution in [2.45, 2.75) is 13.3 Å². The van der Waals surface area contributed by atoms with Crippen molar-refractivity contribution in [3.05, 3.63) is 63.7 Å². The lowest BCUT2D eigenvalue weighted by molar-refractivity contribution is -0.115. The summed E-state index contributed by atoms with van der Waals surface area (Å²) in [6, 6.07) is 10.7. The average Bonchev–Trinajstić information content (AvgIpc) is 2.77. The molecule has 1 aliphatic rings. The Bertz CT molecular complexity index is 720. The van der Waals surface area contributed by atoms with Gasteiger partial charge in [-0.15, -0.1) is 0 Å². The van der Waals surface area contributed by atoms with Crippen LogP contribution in [0.15, 0.2) is 36.4 Å². The second-order valence-electron chi connectivity index (χ2n) is 4.91. The molecule has 20 heavy (non-hydrogen) atoms. The van der Waals surface area contributed by atoms with Crippen molar-refractivity contribution in [3.8, 4) is 0 Å². The Balaban J connectivity index is 2.02. The van der Waals surface area contributed by atoms with Gasteiger partial charge in [0.25, 0.3) is 0 Å². The number of halogens is 1. The smallest absolute Gasteiger partial charge is 0.228 e. The molecule has 0 fully saturated rings. The van der Waals surface area contributed by atoms with E-state index < -0.39 is 0 Å². The first kappa shape index (κ1) is 12.9. The maximum Gasteiger partial charge on any atom is 0.228 e. The van der Waals surface area contributed by atoms with Crippen molar-refractivity contribution in [2.75, 3.05) is 5.32 Å². The summed E-state index contributed by atoms with van der Waals surface area (Å²) in [4.78, 5) is 23.8. The van der Waals surface area contributed by atoms with Crippen molar-refractivity contribution < 1.29 is 9.59 Å². The third-order valence-electron chi connectivity index (χ3n) is 3.38. The molecule has 1 aliphatic heterocycles. The van der Waals surface area contributed by atoms with Crippen LogP contribution in [0, 0.1) is 6.92 Å². The number of carbonyl (C=O) groups is 2. The van der Waals surface area contributed by atoms with Crippen LogP contribution < -0.4 is 5.32 Å². The number of nitrogens with one attached hydrogen (secondary N) is 1. The van der Waals surface area contributed by atoms with Gasteiger partial charge in [-0.25, -0.2) is 0 Å². The van der Waals surface area contributed by atoms with E-state index in [0.717, 1.165) is 11.1 Å². The molecular weight excluding hydrogens is 274 g/mol. The first-order chi connectivity index (χ1) is 9.54. The zero-order valence-electron chi connectivity index (χ0n) is 10.9. The molecule has 4 heteroatoms. The van der Waals surface area contributed by atoms with Gasteiger partial charge in [0.2, 0.25) is 5.91 Å². The standard InChI is InChI=1S/C16H12ClNO2/c1-9-2-4-10(5-3-9)16(20)12-6-11-7-15(19)18-14(11)8-13(12)17/h2-6,8H,7H2,1H3,(H,18,19). The van der Waals surface area contributed by atoms with Crippen LogP contribution in [-0.4, -0.2) is 11.7 Å². The van der Waals surface area contributed by atoms with E-state index in [1.54, 1.807) is 24.3 Å². The lowest BCUT2D eigenvalue weighted by Crippen LogP contribution is -2.03. The minimum atomic E-state index is -0.128. The monoisotopic (exact) mass is 285 g/mol. The van der Waals surface area contributed by atoms with Gasteiger partial charge in [-0.05, 0) is 24.6 Å². The maximum atomic E-state index is 12.5. The molecule has 2 aromatic rings. The summed E-state index contributed by atoms with van der Waals surface area (Å²) in [5, 5.41) is 3.07. The highest BCUT2D eigenvalue weighted by Gasteiger charge is 2.22. The molecule has 0 radical (unpaired) electrons. The number of benzene rings is 2. The highest BCUT2D eigenvalue weighted by molar-refractivity contribution is 6.35. The summed E-state index contributed by atoms with van der Waals surface area (Å²) in [5.74, 6) is -0.201. The molecule has 0 spiro atoms. The number of hydrogen-bond acceptors (Lipinski definition) is 2. The van der Waals surface area contributed by atoms with Crippen molar-refractivity contribution in [1.29, 1.82) is 0 Å². The highest BCUT2D eigenvalue weighted by Crippen LogP contribution is 2.31. The Morgan fingerprint density at radius 2 is 1.90 bits per heavy atom. The molecule has 0 saturated heterocycles. The fraction of sp³-hybridized carbons (Fsp3) is 0.125. The van der Waals surface area contributed by atoms with E-state index in [2.05, 4.69) is 5.32 Å².